The number of benzene rings is 2. The number of ether oxygens (including phenoxy) is 1. The van der Waals surface area contributed by atoms with Crippen molar-refractivity contribution in [2.45, 2.75) is 44.3 Å². The zero-order valence-electron chi connectivity index (χ0n) is 17.9. The number of nitrogens with zero attached hydrogens (tertiary/aromatic N) is 1. The van der Waals surface area contributed by atoms with Crippen LogP contribution in [0.25, 0.3) is 6.08 Å². The first-order valence-corrected chi connectivity index (χ1v) is 13.1. The van der Waals surface area contributed by atoms with Gasteiger partial charge in [-0.1, -0.05) is 59.8 Å². The standard InChI is InChI=1S/C23H28INO5S/c1-4-13-31(28,29)25(17(2)3)21-11-9-20(15-24)14-22(21)30-16-19-7-5-18(6-8-19)10-12-23(26)27/h5-12,14,17H,4,13,15-16H2,1-3H3,(H,26,27)/b12-10+. The van der Waals surface area contributed by atoms with Crippen LogP contribution < -0.4 is 9.04 Å². The molecule has 0 radical (unpaired) electrons. The maximum absolute atomic E-state index is 12.9. The van der Waals surface area contributed by atoms with Crippen molar-refractivity contribution in [3.63, 3.8) is 0 Å². The molecular weight excluding hydrogens is 529 g/mol. The Kier molecular flexibility index (Phi) is 9.36. The van der Waals surface area contributed by atoms with Gasteiger partial charge in [-0.2, -0.15) is 0 Å². The SMILES string of the molecule is CCCS(=O)(=O)N(c1ccc(CI)cc1OCc1ccc(/C=C/C(=O)O)cc1)C(C)C. The van der Waals surface area contributed by atoms with E-state index >= 15 is 0 Å². The normalized spacial score (nSPS) is 11.8. The predicted octanol–water partition coefficient (Wildman–Crippen LogP) is 5.25. The molecule has 0 saturated carbocycles. The van der Waals surface area contributed by atoms with Crippen molar-refractivity contribution < 1.29 is 23.1 Å². The van der Waals surface area contributed by atoms with E-state index in [0.717, 1.165) is 27.2 Å². The number of aliphatic carboxylic acids is 1. The van der Waals surface area contributed by atoms with Gasteiger partial charge in [-0.15, -0.1) is 0 Å². The lowest BCUT2D eigenvalue weighted by Crippen LogP contribution is -2.38. The van der Waals surface area contributed by atoms with Crippen molar-refractivity contribution in [1.29, 1.82) is 0 Å². The van der Waals surface area contributed by atoms with Crippen molar-refractivity contribution in [2.75, 3.05) is 10.1 Å². The minimum absolute atomic E-state index is 0.0734. The molecule has 0 aliphatic carbocycles. The third-order valence-electron chi connectivity index (χ3n) is 4.44. The summed E-state index contributed by atoms with van der Waals surface area (Å²) in [7, 11) is -3.47. The van der Waals surface area contributed by atoms with Crippen LogP contribution in [0.2, 0.25) is 0 Å². The Morgan fingerprint density at radius 3 is 2.35 bits per heavy atom. The second kappa shape index (κ2) is 11.5. The molecule has 6 nitrogen and oxygen atoms in total. The monoisotopic (exact) mass is 557 g/mol. The number of carboxylic acids is 1. The van der Waals surface area contributed by atoms with Crippen molar-refractivity contribution in [2.24, 2.45) is 0 Å². The smallest absolute Gasteiger partial charge is 0.328 e. The third-order valence-corrected chi connectivity index (χ3v) is 7.46. The van der Waals surface area contributed by atoms with E-state index in [4.69, 9.17) is 9.84 Å². The lowest BCUT2D eigenvalue weighted by Gasteiger charge is -2.30. The van der Waals surface area contributed by atoms with E-state index in [0.29, 0.717) is 17.9 Å². The van der Waals surface area contributed by atoms with Crippen LogP contribution in [0, 0.1) is 0 Å². The summed E-state index contributed by atoms with van der Waals surface area (Å²) in [5.74, 6) is -0.399. The molecule has 2 aromatic rings. The van der Waals surface area contributed by atoms with Crippen LogP contribution in [0.1, 0.15) is 43.9 Å². The second-order valence-corrected chi connectivity index (χ2v) is 10.1. The number of rotatable bonds is 11. The van der Waals surface area contributed by atoms with Gasteiger partial charge in [-0.3, -0.25) is 4.31 Å². The van der Waals surface area contributed by atoms with E-state index in [9.17, 15) is 13.2 Å². The van der Waals surface area contributed by atoms with Gasteiger partial charge >= 0.3 is 5.97 Å². The van der Waals surface area contributed by atoms with Crippen LogP contribution in [0.15, 0.2) is 48.5 Å². The lowest BCUT2D eigenvalue weighted by atomic mass is 10.1. The van der Waals surface area contributed by atoms with E-state index in [-0.39, 0.29) is 18.4 Å². The molecular formula is C23H28INO5S. The lowest BCUT2D eigenvalue weighted by molar-refractivity contribution is -0.131. The van der Waals surface area contributed by atoms with Gasteiger partial charge in [-0.05, 0) is 55.2 Å². The maximum Gasteiger partial charge on any atom is 0.328 e. The van der Waals surface area contributed by atoms with E-state index < -0.39 is 16.0 Å². The third kappa shape index (κ3) is 7.24. The number of hydrogen-bond donors (Lipinski definition) is 1. The zero-order chi connectivity index (χ0) is 23.0. The summed E-state index contributed by atoms with van der Waals surface area (Å²) in [5.41, 5.74) is 3.25. The average molecular weight is 557 g/mol. The van der Waals surface area contributed by atoms with Crippen LogP contribution in [-0.4, -0.2) is 31.3 Å². The van der Waals surface area contributed by atoms with Gasteiger partial charge in [0.25, 0.3) is 0 Å². The molecule has 168 valence electrons. The molecule has 1 N–H and O–H groups in total. The summed E-state index contributed by atoms with van der Waals surface area (Å²) in [4.78, 5) is 10.6. The largest absolute Gasteiger partial charge is 0.487 e. The van der Waals surface area contributed by atoms with Gasteiger partial charge < -0.3 is 9.84 Å². The van der Waals surface area contributed by atoms with E-state index in [2.05, 4.69) is 22.6 Å². The summed E-state index contributed by atoms with van der Waals surface area (Å²) in [6.07, 6.45) is 3.15. The maximum atomic E-state index is 12.9. The zero-order valence-corrected chi connectivity index (χ0v) is 20.9. The Morgan fingerprint density at radius 1 is 1.16 bits per heavy atom. The molecule has 31 heavy (non-hydrogen) atoms. The van der Waals surface area contributed by atoms with Crippen LogP contribution in [0.3, 0.4) is 0 Å². The summed E-state index contributed by atoms with van der Waals surface area (Å²) in [5, 5.41) is 8.73. The number of halogens is 1. The second-order valence-electron chi connectivity index (χ2n) is 7.34. The molecule has 0 atom stereocenters. The number of carboxylic acid groups (broad SMARTS) is 1. The van der Waals surface area contributed by atoms with Gasteiger partial charge in [0.1, 0.15) is 12.4 Å². The number of hydrogen-bond acceptors (Lipinski definition) is 4. The van der Waals surface area contributed by atoms with Gasteiger partial charge in [-0.25, -0.2) is 13.2 Å². The molecule has 0 aliphatic rings. The van der Waals surface area contributed by atoms with E-state index in [1.807, 2.05) is 63.2 Å². The van der Waals surface area contributed by atoms with Crippen molar-refractivity contribution >= 4 is 50.3 Å². The molecule has 0 heterocycles. The molecule has 2 rings (SSSR count). The van der Waals surface area contributed by atoms with Crippen LogP contribution in [0.4, 0.5) is 5.69 Å². The Labute approximate surface area is 198 Å². The van der Waals surface area contributed by atoms with Crippen molar-refractivity contribution in [3.8, 4) is 5.75 Å². The number of sulfonamides is 1. The Balaban J connectivity index is 2.32. The minimum Gasteiger partial charge on any atom is -0.487 e. The van der Waals surface area contributed by atoms with Crippen molar-refractivity contribution in [3.05, 3.63) is 65.2 Å². The topological polar surface area (TPSA) is 83.9 Å². The number of anilines is 1. The number of alkyl halides is 1. The fraction of sp³-hybridized carbons (Fsp3) is 0.348. The van der Waals surface area contributed by atoms with Crippen LogP contribution in [-0.2, 0) is 25.9 Å². The molecule has 0 fully saturated rings. The molecule has 0 spiro atoms. The molecule has 0 aromatic heterocycles. The van der Waals surface area contributed by atoms with E-state index in [1.54, 1.807) is 0 Å². The highest BCUT2D eigenvalue weighted by atomic mass is 127. The number of carbonyl (C=O) groups is 1. The molecule has 0 aliphatic heterocycles. The summed E-state index contributed by atoms with van der Waals surface area (Å²) < 4.78 is 34.2. The Hall–Kier alpha value is -2.07. The van der Waals surface area contributed by atoms with Crippen molar-refractivity contribution in [1.82, 2.24) is 0 Å². The molecule has 0 unspecified atom stereocenters. The quantitative estimate of drug-likeness (QED) is 0.232. The highest BCUT2D eigenvalue weighted by molar-refractivity contribution is 14.1. The van der Waals surface area contributed by atoms with Gasteiger partial charge in [0.05, 0.1) is 11.4 Å². The molecule has 0 amide bonds. The first kappa shape index (κ1) is 25.2. The van der Waals surface area contributed by atoms with Gasteiger partial charge in [0.2, 0.25) is 10.0 Å². The highest BCUT2D eigenvalue weighted by Crippen LogP contribution is 2.34. The first-order chi connectivity index (χ1) is 14.7. The van der Waals surface area contributed by atoms with Crippen LogP contribution in [0.5, 0.6) is 5.75 Å². The molecule has 0 bridgehead atoms. The summed E-state index contributed by atoms with van der Waals surface area (Å²) >= 11 is 2.26. The predicted molar refractivity (Wildman–Crippen MR) is 133 cm³/mol. The van der Waals surface area contributed by atoms with Crippen LogP contribution >= 0.6 is 22.6 Å². The fourth-order valence-corrected chi connectivity index (χ4v) is 5.38. The van der Waals surface area contributed by atoms with Gasteiger partial charge in [0.15, 0.2) is 0 Å². The summed E-state index contributed by atoms with van der Waals surface area (Å²) in [6, 6.07) is 12.7. The Bertz CT molecular complexity index is 1020. The molecule has 2 aromatic carbocycles. The average Bonchev–Trinajstić information content (AvgIpc) is 2.71. The first-order valence-electron chi connectivity index (χ1n) is 10.0. The fourth-order valence-electron chi connectivity index (χ4n) is 3.10. The molecule has 0 saturated heterocycles. The molecule has 8 heteroatoms. The van der Waals surface area contributed by atoms with E-state index in [1.165, 1.54) is 10.4 Å². The minimum atomic E-state index is -3.47. The summed E-state index contributed by atoms with van der Waals surface area (Å²) in [6.45, 7) is 5.82. The Morgan fingerprint density at radius 2 is 1.81 bits per heavy atom. The highest BCUT2D eigenvalue weighted by Gasteiger charge is 2.27. The van der Waals surface area contributed by atoms with Gasteiger partial charge in [0, 0.05) is 16.5 Å².